The molecule has 0 saturated heterocycles. The summed E-state index contributed by atoms with van der Waals surface area (Å²) in [5, 5.41) is 8.69. The molecular weight excluding hydrogens is 238 g/mol. The van der Waals surface area contributed by atoms with E-state index in [1.165, 1.54) is 6.42 Å². The molecule has 0 aliphatic heterocycles. The fraction of sp³-hybridized carbons (Fsp3) is 0.562. The Morgan fingerprint density at radius 1 is 1.32 bits per heavy atom. The van der Waals surface area contributed by atoms with Crippen LogP contribution in [0.1, 0.15) is 38.7 Å². The highest BCUT2D eigenvalue weighted by atomic mass is 16.5. The molecule has 1 saturated carbocycles. The van der Waals surface area contributed by atoms with Gasteiger partial charge in [-0.3, -0.25) is 4.98 Å². The lowest BCUT2D eigenvalue weighted by Gasteiger charge is -2.32. The van der Waals surface area contributed by atoms with Gasteiger partial charge in [0.2, 0.25) is 0 Å². The molecule has 1 fully saturated rings. The predicted octanol–water partition coefficient (Wildman–Crippen LogP) is 2.63. The van der Waals surface area contributed by atoms with E-state index in [1.807, 2.05) is 6.07 Å². The molecule has 1 N–H and O–H groups in total. The van der Waals surface area contributed by atoms with Crippen LogP contribution < -0.4 is 4.74 Å². The number of nitrogens with zero attached hydrogens (tertiary/aromatic N) is 1. The lowest BCUT2D eigenvalue weighted by Crippen LogP contribution is -2.28. The van der Waals surface area contributed by atoms with Crippen LogP contribution in [0, 0.1) is 23.7 Å². The van der Waals surface area contributed by atoms with Gasteiger partial charge in [-0.1, -0.05) is 25.7 Å². The number of hydrogen-bond acceptors (Lipinski definition) is 3. The molecule has 3 nitrogen and oxygen atoms in total. The van der Waals surface area contributed by atoms with Crippen LogP contribution in [0.4, 0.5) is 0 Å². The third kappa shape index (κ3) is 3.97. The van der Waals surface area contributed by atoms with E-state index in [2.05, 4.69) is 30.7 Å². The number of pyridine rings is 1. The van der Waals surface area contributed by atoms with Crippen molar-refractivity contribution in [3.63, 3.8) is 0 Å². The van der Waals surface area contributed by atoms with Gasteiger partial charge in [-0.15, -0.1) is 0 Å². The van der Waals surface area contributed by atoms with Gasteiger partial charge in [0.25, 0.3) is 0 Å². The normalized spacial score (nSPS) is 26.4. The van der Waals surface area contributed by atoms with Crippen molar-refractivity contribution < 1.29 is 9.84 Å². The van der Waals surface area contributed by atoms with Crippen molar-refractivity contribution in [2.24, 2.45) is 11.8 Å². The van der Waals surface area contributed by atoms with E-state index in [4.69, 9.17) is 9.84 Å². The van der Waals surface area contributed by atoms with Crippen molar-refractivity contribution in [3.05, 3.63) is 24.0 Å². The number of aliphatic hydroxyl groups excluding tert-OH is 1. The Morgan fingerprint density at radius 2 is 2.16 bits per heavy atom. The number of hydrogen-bond donors (Lipinski definition) is 1. The zero-order valence-electron chi connectivity index (χ0n) is 11.6. The van der Waals surface area contributed by atoms with Crippen LogP contribution >= 0.6 is 0 Å². The summed E-state index contributed by atoms with van der Waals surface area (Å²) in [7, 11) is 0. The van der Waals surface area contributed by atoms with Crippen LogP contribution in [0.3, 0.4) is 0 Å². The van der Waals surface area contributed by atoms with Gasteiger partial charge in [-0.2, -0.15) is 0 Å². The molecule has 0 radical (unpaired) electrons. The summed E-state index contributed by atoms with van der Waals surface area (Å²) in [6.45, 7) is 4.47. The first-order chi connectivity index (χ1) is 9.19. The zero-order chi connectivity index (χ0) is 13.7. The Labute approximate surface area is 115 Å². The molecule has 0 amide bonds. The summed E-state index contributed by atoms with van der Waals surface area (Å²) >= 11 is 0. The van der Waals surface area contributed by atoms with E-state index < -0.39 is 0 Å². The van der Waals surface area contributed by atoms with E-state index in [9.17, 15) is 0 Å². The first-order valence-corrected chi connectivity index (χ1v) is 6.90. The molecule has 0 spiro atoms. The molecule has 1 aromatic heterocycles. The molecule has 2 rings (SSSR count). The molecule has 102 valence electrons. The van der Waals surface area contributed by atoms with Crippen molar-refractivity contribution in [1.82, 2.24) is 4.98 Å². The minimum absolute atomic E-state index is 0.136. The minimum atomic E-state index is -0.136. The van der Waals surface area contributed by atoms with Crippen molar-refractivity contribution in [3.8, 4) is 17.6 Å². The summed E-state index contributed by atoms with van der Waals surface area (Å²) in [5.41, 5.74) is 0.781. The lowest BCUT2D eigenvalue weighted by molar-refractivity contribution is 0.100. The smallest absolute Gasteiger partial charge is 0.139 e. The maximum atomic E-state index is 8.69. The van der Waals surface area contributed by atoms with E-state index >= 15 is 0 Å². The highest BCUT2D eigenvalue weighted by Crippen LogP contribution is 2.31. The van der Waals surface area contributed by atoms with Crippen LogP contribution in [-0.4, -0.2) is 22.8 Å². The molecule has 1 aliphatic carbocycles. The van der Waals surface area contributed by atoms with Crippen molar-refractivity contribution in [2.45, 2.75) is 39.2 Å². The standard InChI is InChI=1S/C16H21NO2/c1-12-5-6-15(8-13(12)2)19-16-9-14(4-3-7-18)10-17-11-16/h9-13,15,18H,5-8H2,1-2H3. The van der Waals surface area contributed by atoms with Gasteiger partial charge in [-0.25, -0.2) is 0 Å². The maximum absolute atomic E-state index is 8.69. The third-order valence-corrected chi connectivity index (χ3v) is 3.88. The Bertz CT molecular complexity index is 475. The highest BCUT2D eigenvalue weighted by Gasteiger charge is 2.25. The van der Waals surface area contributed by atoms with Gasteiger partial charge in [-0.05, 0) is 37.2 Å². The van der Waals surface area contributed by atoms with E-state index in [1.54, 1.807) is 12.4 Å². The Hall–Kier alpha value is -1.53. The van der Waals surface area contributed by atoms with Crippen LogP contribution in [0.25, 0.3) is 0 Å². The van der Waals surface area contributed by atoms with Gasteiger partial charge in [0.05, 0.1) is 12.3 Å². The quantitative estimate of drug-likeness (QED) is 0.830. The second kappa shape index (κ2) is 6.58. The first kappa shape index (κ1) is 13.9. The van der Waals surface area contributed by atoms with Gasteiger partial charge < -0.3 is 9.84 Å². The van der Waals surface area contributed by atoms with Crippen LogP contribution in [-0.2, 0) is 0 Å². The minimum Gasteiger partial charge on any atom is -0.489 e. The summed E-state index contributed by atoms with van der Waals surface area (Å²) in [6.07, 6.45) is 7.14. The fourth-order valence-corrected chi connectivity index (χ4v) is 2.49. The van der Waals surface area contributed by atoms with Gasteiger partial charge >= 0.3 is 0 Å². The average Bonchev–Trinajstić information content (AvgIpc) is 2.41. The number of aromatic nitrogens is 1. The Balaban J connectivity index is 1.99. The molecule has 1 aliphatic rings. The SMILES string of the molecule is CC1CCC(Oc2cncc(C#CCO)c2)CC1C. The molecule has 19 heavy (non-hydrogen) atoms. The van der Waals surface area contributed by atoms with Crippen LogP contribution in [0.2, 0.25) is 0 Å². The molecule has 1 heterocycles. The second-order valence-electron chi connectivity index (χ2n) is 5.38. The summed E-state index contributed by atoms with van der Waals surface area (Å²) in [5.74, 6) is 7.74. The fourth-order valence-electron chi connectivity index (χ4n) is 2.49. The van der Waals surface area contributed by atoms with Crippen molar-refractivity contribution in [1.29, 1.82) is 0 Å². The predicted molar refractivity (Wildman–Crippen MR) is 74.8 cm³/mol. The van der Waals surface area contributed by atoms with Crippen LogP contribution in [0.15, 0.2) is 18.5 Å². The summed E-state index contributed by atoms with van der Waals surface area (Å²) in [4.78, 5) is 4.13. The van der Waals surface area contributed by atoms with E-state index in [-0.39, 0.29) is 12.7 Å². The average molecular weight is 259 g/mol. The number of ether oxygens (including phenoxy) is 1. The maximum Gasteiger partial charge on any atom is 0.139 e. The molecule has 3 heteroatoms. The molecule has 3 atom stereocenters. The van der Waals surface area contributed by atoms with Gasteiger partial charge in [0, 0.05) is 11.8 Å². The number of rotatable bonds is 2. The zero-order valence-corrected chi connectivity index (χ0v) is 11.6. The topological polar surface area (TPSA) is 42.4 Å². The number of aliphatic hydroxyl groups is 1. The molecule has 0 aromatic carbocycles. The van der Waals surface area contributed by atoms with E-state index in [0.717, 1.165) is 30.1 Å². The molecule has 3 unspecified atom stereocenters. The van der Waals surface area contributed by atoms with Crippen LogP contribution in [0.5, 0.6) is 5.75 Å². The highest BCUT2D eigenvalue weighted by molar-refractivity contribution is 5.36. The largest absolute Gasteiger partial charge is 0.489 e. The summed E-state index contributed by atoms with van der Waals surface area (Å²) in [6, 6.07) is 1.89. The van der Waals surface area contributed by atoms with Crippen molar-refractivity contribution in [2.75, 3.05) is 6.61 Å². The third-order valence-electron chi connectivity index (χ3n) is 3.88. The van der Waals surface area contributed by atoms with Gasteiger partial charge in [0.1, 0.15) is 12.4 Å². The van der Waals surface area contributed by atoms with Crippen molar-refractivity contribution >= 4 is 0 Å². The monoisotopic (exact) mass is 259 g/mol. The Morgan fingerprint density at radius 3 is 2.89 bits per heavy atom. The molecular formula is C16H21NO2. The molecule has 0 bridgehead atoms. The van der Waals surface area contributed by atoms with E-state index in [0.29, 0.717) is 5.92 Å². The Kier molecular flexibility index (Phi) is 4.81. The molecule has 1 aromatic rings. The summed E-state index contributed by atoms with van der Waals surface area (Å²) < 4.78 is 6.00. The second-order valence-corrected chi connectivity index (χ2v) is 5.38. The van der Waals surface area contributed by atoms with Gasteiger partial charge in [0.15, 0.2) is 0 Å². The first-order valence-electron chi connectivity index (χ1n) is 6.90. The lowest BCUT2D eigenvalue weighted by atomic mass is 9.80.